The van der Waals surface area contributed by atoms with Crippen LogP contribution in [0.1, 0.15) is 21.8 Å². The van der Waals surface area contributed by atoms with Gasteiger partial charge < -0.3 is 4.74 Å². The Hall–Kier alpha value is -0.830. The van der Waals surface area contributed by atoms with Crippen molar-refractivity contribution in [2.45, 2.75) is 21.8 Å². The van der Waals surface area contributed by atoms with E-state index < -0.39 is 0 Å². The fourth-order valence-electron chi connectivity index (χ4n) is 0.311. The highest BCUT2D eigenvalue weighted by Crippen LogP contribution is 1.91. The minimum absolute atomic E-state index is 0. The van der Waals surface area contributed by atoms with Crippen LogP contribution in [-0.2, 0) is 9.53 Å². The van der Waals surface area contributed by atoms with E-state index in [0.717, 1.165) is 0 Å². The summed E-state index contributed by atoms with van der Waals surface area (Å²) in [6.07, 6.45) is 0. The molecule has 0 aromatic carbocycles. The number of ether oxygens (including phenoxy) is 1. The molecule has 0 radical (unpaired) electrons. The highest BCUT2D eigenvalue weighted by Gasteiger charge is 2.01. The van der Waals surface area contributed by atoms with Gasteiger partial charge in [-0.2, -0.15) is 0 Å². The van der Waals surface area contributed by atoms with Gasteiger partial charge in [-0.3, -0.25) is 4.90 Å². The van der Waals surface area contributed by atoms with Gasteiger partial charge in [0.2, 0.25) is 0 Å². The molecule has 0 atom stereocenters. The van der Waals surface area contributed by atoms with Crippen LogP contribution in [0, 0.1) is 0 Å². The molecule has 0 aliphatic heterocycles. The SMILES string of the molecule is C.C.C=C(C)C(=O)OCN(C)C. The van der Waals surface area contributed by atoms with Crippen molar-refractivity contribution in [3.05, 3.63) is 12.2 Å². The Kier molecular flexibility index (Phi) is 11.9. The maximum absolute atomic E-state index is 10.7. The number of hydrogen-bond donors (Lipinski definition) is 0. The molecule has 0 aromatic heterocycles. The van der Waals surface area contributed by atoms with Crippen LogP contribution >= 0.6 is 0 Å². The van der Waals surface area contributed by atoms with Gasteiger partial charge in [0, 0.05) is 5.57 Å². The van der Waals surface area contributed by atoms with E-state index in [4.69, 9.17) is 4.74 Å². The second-order valence-electron chi connectivity index (χ2n) is 2.42. The number of rotatable bonds is 3. The molecule has 0 amide bonds. The molecule has 0 unspecified atom stereocenters. The summed E-state index contributed by atoms with van der Waals surface area (Å²) >= 11 is 0. The molecule has 0 aliphatic rings. The maximum atomic E-state index is 10.7. The fraction of sp³-hybridized carbons (Fsp3) is 0.667. The normalized spacial score (nSPS) is 8.00. The van der Waals surface area contributed by atoms with Crippen molar-refractivity contribution in [1.29, 1.82) is 0 Å². The third-order valence-electron chi connectivity index (χ3n) is 0.802. The van der Waals surface area contributed by atoms with Crippen molar-refractivity contribution >= 4 is 5.97 Å². The molecule has 0 N–H and O–H groups in total. The highest BCUT2D eigenvalue weighted by atomic mass is 16.5. The first-order valence-electron chi connectivity index (χ1n) is 3.01. The van der Waals surface area contributed by atoms with Crippen molar-refractivity contribution in [1.82, 2.24) is 4.90 Å². The number of carbonyl (C=O) groups excluding carboxylic acids is 1. The predicted octanol–water partition coefficient (Wildman–Crippen LogP) is 1.90. The maximum Gasteiger partial charge on any atom is 0.334 e. The van der Waals surface area contributed by atoms with E-state index in [1.807, 2.05) is 14.1 Å². The second-order valence-corrected chi connectivity index (χ2v) is 2.42. The zero-order valence-corrected chi connectivity index (χ0v) is 6.68. The van der Waals surface area contributed by atoms with Gasteiger partial charge in [0.25, 0.3) is 0 Å². The molecule has 0 spiro atoms. The van der Waals surface area contributed by atoms with Crippen LogP contribution in [0.5, 0.6) is 0 Å². The highest BCUT2D eigenvalue weighted by molar-refractivity contribution is 5.86. The van der Waals surface area contributed by atoms with Crippen molar-refractivity contribution in [3.63, 3.8) is 0 Å². The van der Waals surface area contributed by atoms with E-state index in [2.05, 4.69) is 6.58 Å². The number of hydrogen-bond acceptors (Lipinski definition) is 3. The van der Waals surface area contributed by atoms with Gasteiger partial charge in [0.15, 0.2) is 0 Å². The Labute approximate surface area is 76.0 Å². The van der Waals surface area contributed by atoms with E-state index in [9.17, 15) is 4.79 Å². The molecule has 0 fully saturated rings. The summed E-state index contributed by atoms with van der Waals surface area (Å²) < 4.78 is 4.75. The average Bonchev–Trinajstić information content (AvgIpc) is 1.82. The fourth-order valence-corrected chi connectivity index (χ4v) is 0.311. The second kappa shape index (κ2) is 8.27. The molecule has 0 heterocycles. The van der Waals surface area contributed by atoms with Gasteiger partial charge in [0.05, 0.1) is 0 Å². The van der Waals surface area contributed by atoms with Gasteiger partial charge in [-0.05, 0) is 21.0 Å². The monoisotopic (exact) mass is 175 g/mol. The average molecular weight is 175 g/mol. The molecule has 0 rings (SSSR count). The lowest BCUT2D eigenvalue weighted by atomic mass is 10.4. The van der Waals surface area contributed by atoms with E-state index in [0.29, 0.717) is 12.3 Å². The molecule has 3 heteroatoms. The van der Waals surface area contributed by atoms with Crippen LogP contribution in [0.15, 0.2) is 12.2 Å². The molecule has 0 saturated carbocycles. The Morgan fingerprint density at radius 1 is 1.42 bits per heavy atom. The standard InChI is InChI=1S/C7H13NO2.2CH4/c1-6(2)7(9)10-5-8(3)4;;/h1,5H2,2-4H3;2*1H4. The molecule has 74 valence electrons. The molecule has 0 bridgehead atoms. The summed E-state index contributed by atoms with van der Waals surface area (Å²) in [7, 11) is 3.65. The molecular formula is C9H21NO2. The lowest BCUT2D eigenvalue weighted by molar-refractivity contribution is -0.142. The van der Waals surface area contributed by atoms with Crippen molar-refractivity contribution in [3.8, 4) is 0 Å². The topological polar surface area (TPSA) is 29.5 Å². The number of carbonyl (C=O) groups is 1. The van der Waals surface area contributed by atoms with E-state index in [1.165, 1.54) is 0 Å². The summed E-state index contributed by atoms with van der Waals surface area (Å²) in [4.78, 5) is 12.5. The van der Waals surface area contributed by atoms with Gasteiger partial charge in [0.1, 0.15) is 6.73 Å². The van der Waals surface area contributed by atoms with Gasteiger partial charge in [-0.25, -0.2) is 4.79 Å². The first kappa shape index (κ1) is 17.3. The third-order valence-corrected chi connectivity index (χ3v) is 0.802. The van der Waals surface area contributed by atoms with Gasteiger partial charge >= 0.3 is 5.97 Å². The lowest BCUT2D eigenvalue weighted by Crippen LogP contribution is -2.19. The first-order chi connectivity index (χ1) is 4.54. The lowest BCUT2D eigenvalue weighted by Gasteiger charge is -2.09. The van der Waals surface area contributed by atoms with Crippen LogP contribution in [0.25, 0.3) is 0 Å². The Morgan fingerprint density at radius 3 is 2.08 bits per heavy atom. The van der Waals surface area contributed by atoms with Gasteiger partial charge in [-0.15, -0.1) is 0 Å². The Balaban J connectivity index is -0.000000405. The summed E-state index contributed by atoms with van der Waals surface area (Å²) in [6.45, 7) is 5.37. The van der Waals surface area contributed by atoms with Gasteiger partial charge in [-0.1, -0.05) is 21.4 Å². The van der Waals surface area contributed by atoms with E-state index in [-0.39, 0.29) is 20.8 Å². The van der Waals surface area contributed by atoms with Crippen molar-refractivity contribution < 1.29 is 9.53 Å². The molecule has 3 nitrogen and oxygen atoms in total. The predicted molar refractivity (Wildman–Crippen MR) is 52.9 cm³/mol. The van der Waals surface area contributed by atoms with Crippen LogP contribution < -0.4 is 0 Å². The first-order valence-corrected chi connectivity index (χ1v) is 3.01. The van der Waals surface area contributed by atoms with Crippen LogP contribution in [-0.4, -0.2) is 31.7 Å². The van der Waals surface area contributed by atoms with E-state index in [1.54, 1.807) is 11.8 Å². The van der Waals surface area contributed by atoms with Crippen LogP contribution in [0.4, 0.5) is 0 Å². The van der Waals surface area contributed by atoms with E-state index >= 15 is 0 Å². The van der Waals surface area contributed by atoms with Crippen LogP contribution in [0.3, 0.4) is 0 Å². The van der Waals surface area contributed by atoms with Crippen molar-refractivity contribution in [2.75, 3.05) is 20.8 Å². The molecule has 12 heavy (non-hydrogen) atoms. The van der Waals surface area contributed by atoms with Crippen molar-refractivity contribution in [2.24, 2.45) is 0 Å². The number of nitrogens with zero attached hydrogens (tertiary/aromatic N) is 1. The zero-order chi connectivity index (χ0) is 8.15. The number of esters is 1. The largest absolute Gasteiger partial charge is 0.446 e. The van der Waals surface area contributed by atoms with Crippen LogP contribution in [0.2, 0.25) is 0 Å². The summed E-state index contributed by atoms with van der Waals surface area (Å²) in [6, 6.07) is 0. The summed E-state index contributed by atoms with van der Waals surface area (Å²) in [5.74, 6) is -0.339. The quantitative estimate of drug-likeness (QED) is 0.373. The Bertz CT molecular complexity index is 141. The molecule has 0 aliphatic carbocycles. The summed E-state index contributed by atoms with van der Waals surface area (Å²) in [5.41, 5.74) is 0.432. The Morgan fingerprint density at radius 2 is 1.83 bits per heavy atom. The summed E-state index contributed by atoms with van der Waals surface area (Å²) in [5, 5.41) is 0. The third kappa shape index (κ3) is 9.17. The zero-order valence-electron chi connectivity index (χ0n) is 6.68. The minimum atomic E-state index is -0.339. The molecule has 0 aromatic rings. The molecule has 0 saturated heterocycles. The molecular weight excluding hydrogens is 154 g/mol. The smallest absolute Gasteiger partial charge is 0.334 e. The minimum Gasteiger partial charge on any atom is -0.446 e.